The highest BCUT2D eigenvalue weighted by atomic mass is 16.5. The summed E-state index contributed by atoms with van der Waals surface area (Å²) in [6.45, 7) is 0.422. The molecule has 1 unspecified atom stereocenters. The fraction of sp³-hybridized carbons (Fsp3) is 0.769. The van der Waals surface area contributed by atoms with Crippen molar-refractivity contribution < 1.29 is 14.1 Å². The van der Waals surface area contributed by atoms with Crippen molar-refractivity contribution in [3.63, 3.8) is 0 Å². The number of hydrogen-bond acceptors (Lipinski definition) is 6. The van der Waals surface area contributed by atoms with Crippen molar-refractivity contribution in [2.75, 3.05) is 13.7 Å². The molecule has 7 nitrogen and oxygen atoms in total. The van der Waals surface area contributed by atoms with Gasteiger partial charge in [-0.15, -0.1) is 0 Å². The topological polar surface area (TPSA) is 103 Å². The smallest absolute Gasteiger partial charge is 0.240 e. The van der Waals surface area contributed by atoms with Crippen molar-refractivity contribution in [3.8, 4) is 0 Å². The summed E-state index contributed by atoms with van der Waals surface area (Å²) in [7, 11) is 1.68. The molecule has 1 aromatic heterocycles. The zero-order valence-corrected chi connectivity index (χ0v) is 11.8. The molecule has 1 aliphatic rings. The third kappa shape index (κ3) is 4.01. The number of carbonyl (C=O) groups excluding carboxylic acids is 1. The number of hydrogen-bond donors (Lipinski definition) is 2. The Labute approximate surface area is 118 Å². The largest absolute Gasteiger partial charge is 0.373 e. The van der Waals surface area contributed by atoms with Crippen molar-refractivity contribution >= 4 is 5.91 Å². The first kappa shape index (κ1) is 14.9. The van der Waals surface area contributed by atoms with Crippen molar-refractivity contribution in [2.24, 2.45) is 11.7 Å². The summed E-state index contributed by atoms with van der Waals surface area (Å²) in [6, 6.07) is 0. The summed E-state index contributed by atoms with van der Waals surface area (Å²) >= 11 is 0. The van der Waals surface area contributed by atoms with Gasteiger partial charge in [-0.3, -0.25) is 10.1 Å². The Hall–Kier alpha value is -1.47. The van der Waals surface area contributed by atoms with E-state index in [1.165, 1.54) is 19.3 Å². The van der Waals surface area contributed by atoms with Crippen LogP contribution < -0.4 is 11.1 Å². The second-order valence-corrected chi connectivity index (χ2v) is 5.17. The molecule has 2 rings (SSSR count). The Morgan fingerprint density at radius 1 is 1.50 bits per heavy atom. The van der Waals surface area contributed by atoms with E-state index in [2.05, 4.69) is 15.5 Å². The Kier molecular flexibility index (Phi) is 5.49. The number of primary amides is 1. The highest BCUT2D eigenvalue weighted by Gasteiger charge is 2.28. The first-order valence-electron chi connectivity index (χ1n) is 7.05. The molecule has 7 heteroatoms. The van der Waals surface area contributed by atoms with E-state index in [4.69, 9.17) is 15.0 Å². The summed E-state index contributed by atoms with van der Waals surface area (Å²) in [6.07, 6.45) is 5.93. The zero-order valence-electron chi connectivity index (χ0n) is 11.8. The molecule has 0 spiro atoms. The molecule has 0 saturated heterocycles. The minimum atomic E-state index is -0.415. The molecule has 1 amide bonds. The van der Waals surface area contributed by atoms with E-state index in [0.717, 1.165) is 12.8 Å². The average molecular weight is 282 g/mol. The summed E-state index contributed by atoms with van der Waals surface area (Å²) in [5.74, 6) is 1.08. The normalized spacial score (nSPS) is 18.1. The number of amides is 1. The number of nitrogens with two attached hydrogens (primary N) is 1. The van der Waals surface area contributed by atoms with Gasteiger partial charge in [0.1, 0.15) is 6.10 Å². The molecule has 112 valence electrons. The summed E-state index contributed by atoms with van der Waals surface area (Å²) in [5.41, 5.74) is 5.04. The number of ether oxygens (including phenoxy) is 1. The van der Waals surface area contributed by atoms with Crippen LogP contribution in [0.15, 0.2) is 4.52 Å². The van der Waals surface area contributed by atoms with Crippen LogP contribution in [-0.4, -0.2) is 29.7 Å². The van der Waals surface area contributed by atoms with Crippen LogP contribution in [-0.2, 0) is 16.1 Å². The SMILES string of the molecule is COC(c1noc(CNCC(N)=O)n1)C1CCCCC1. The van der Waals surface area contributed by atoms with Crippen LogP contribution in [0.3, 0.4) is 0 Å². The van der Waals surface area contributed by atoms with Crippen LogP contribution in [0.2, 0.25) is 0 Å². The summed E-state index contributed by atoms with van der Waals surface area (Å²) in [4.78, 5) is 15.0. The molecule has 1 heterocycles. The number of nitrogens with one attached hydrogen (secondary N) is 1. The lowest BCUT2D eigenvalue weighted by atomic mass is 9.85. The van der Waals surface area contributed by atoms with Crippen LogP contribution in [0.1, 0.15) is 49.9 Å². The van der Waals surface area contributed by atoms with Crippen LogP contribution in [0.5, 0.6) is 0 Å². The molecule has 1 fully saturated rings. The van der Waals surface area contributed by atoms with Gasteiger partial charge in [0, 0.05) is 7.11 Å². The Balaban J connectivity index is 1.93. The lowest BCUT2D eigenvalue weighted by Gasteiger charge is -2.26. The molecule has 3 N–H and O–H groups in total. The maximum Gasteiger partial charge on any atom is 0.240 e. The monoisotopic (exact) mass is 282 g/mol. The fourth-order valence-electron chi connectivity index (χ4n) is 2.69. The van der Waals surface area contributed by atoms with E-state index >= 15 is 0 Å². The van der Waals surface area contributed by atoms with Crippen LogP contribution in [0.4, 0.5) is 0 Å². The van der Waals surface area contributed by atoms with Crippen LogP contribution in [0, 0.1) is 5.92 Å². The third-order valence-corrected chi connectivity index (χ3v) is 3.65. The highest BCUT2D eigenvalue weighted by molar-refractivity contribution is 5.75. The molecular formula is C13H22N4O3. The van der Waals surface area contributed by atoms with E-state index in [9.17, 15) is 4.79 Å². The van der Waals surface area contributed by atoms with Gasteiger partial charge >= 0.3 is 0 Å². The first-order chi connectivity index (χ1) is 9.70. The van der Waals surface area contributed by atoms with Crippen molar-refractivity contribution in [3.05, 3.63) is 11.7 Å². The molecule has 20 heavy (non-hydrogen) atoms. The van der Waals surface area contributed by atoms with Gasteiger partial charge in [-0.1, -0.05) is 24.4 Å². The fourth-order valence-corrected chi connectivity index (χ4v) is 2.69. The van der Waals surface area contributed by atoms with Gasteiger partial charge in [0.25, 0.3) is 0 Å². The number of aromatic nitrogens is 2. The minimum absolute atomic E-state index is 0.0913. The lowest BCUT2D eigenvalue weighted by molar-refractivity contribution is -0.117. The molecule has 1 saturated carbocycles. The predicted octanol–water partition coefficient (Wildman–Crippen LogP) is 0.912. The van der Waals surface area contributed by atoms with Gasteiger partial charge in [-0.05, 0) is 18.8 Å². The van der Waals surface area contributed by atoms with E-state index in [0.29, 0.717) is 24.2 Å². The molecule has 1 atom stereocenters. The quantitative estimate of drug-likeness (QED) is 0.770. The maximum atomic E-state index is 10.6. The van der Waals surface area contributed by atoms with Gasteiger partial charge in [0.05, 0.1) is 13.1 Å². The molecular weight excluding hydrogens is 260 g/mol. The number of rotatable bonds is 7. The van der Waals surface area contributed by atoms with Crippen molar-refractivity contribution in [1.29, 1.82) is 0 Å². The van der Waals surface area contributed by atoms with Gasteiger partial charge in [0.2, 0.25) is 17.6 Å². The first-order valence-corrected chi connectivity index (χ1v) is 7.05. The predicted molar refractivity (Wildman–Crippen MR) is 71.5 cm³/mol. The Morgan fingerprint density at radius 3 is 2.90 bits per heavy atom. The van der Waals surface area contributed by atoms with Crippen molar-refractivity contribution in [2.45, 2.75) is 44.8 Å². The number of nitrogens with zero attached hydrogens (tertiary/aromatic N) is 2. The van der Waals surface area contributed by atoms with Crippen LogP contribution in [0.25, 0.3) is 0 Å². The third-order valence-electron chi connectivity index (χ3n) is 3.65. The molecule has 1 aromatic rings. The summed E-state index contributed by atoms with van der Waals surface area (Å²) < 4.78 is 10.7. The van der Waals surface area contributed by atoms with Gasteiger partial charge in [-0.2, -0.15) is 4.98 Å². The standard InChI is InChI=1S/C13H22N4O3/c1-19-12(9-5-3-2-4-6-9)13-16-11(20-17-13)8-15-7-10(14)18/h9,12,15H,2-8H2,1H3,(H2,14,18). The maximum absolute atomic E-state index is 10.6. The molecule has 0 aromatic carbocycles. The Morgan fingerprint density at radius 2 is 2.25 bits per heavy atom. The van der Waals surface area contributed by atoms with Crippen LogP contribution >= 0.6 is 0 Å². The van der Waals surface area contributed by atoms with E-state index in [1.807, 2.05) is 0 Å². The van der Waals surface area contributed by atoms with Gasteiger partial charge < -0.3 is 15.0 Å². The molecule has 0 radical (unpaired) electrons. The second-order valence-electron chi connectivity index (χ2n) is 5.17. The van der Waals surface area contributed by atoms with E-state index < -0.39 is 5.91 Å². The van der Waals surface area contributed by atoms with E-state index in [1.54, 1.807) is 7.11 Å². The summed E-state index contributed by atoms with van der Waals surface area (Å²) in [5, 5.41) is 6.83. The van der Waals surface area contributed by atoms with Gasteiger partial charge in [-0.25, -0.2) is 0 Å². The lowest BCUT2D eigenvalue weighted by Crippen LogP contribution is -2.28. The second kappa shape index (κ2) is 7.35. The molecule has 1 aliphatic carbocycles. The zero-order chi connectivity index (χ0) is 14.4. The average Bonchev–Trinajstić information content (AvgIpc) is 2.89. The minimum Gasteiger partial charge on any atom is -0.373 e. The number of carbonyl (C=O) groups is 1. The van der Waals surface area contributed by atoms with E-state index in [-0.39, 0.29) is 12.6 Å². The molecule has 0 aliphatic heterocycles. The highest BCUT2D eigenvalue weighted by Crippen LogP contribution is 2.35. The van der Waals surface area contributed by atoms with Crippen molar-refractivity contribution in [1.82, 2.24) is 15.5 Å². The number of methoxy groups -OCH3 is 1. The van der Waals surface area contributed by atoms with Gasteiger partial charge in [0.15, 0.2) is 0 Å². The Bertz CT molecular complexity index is 429. The molecule has 0 bridgehead atoms.